The first-order valence-electron chi connectivity index (χ1n) is 5.87. The Bertz CT molecular complexity index is 389. The Kier molecular flexibility index (Phi) is 6.43. The Labute approximate surface area is 118 Å². The van der Waals surface area contributed by atoms with Crippen LogP contribution in [0, 0.1) is 5.82 Å². The van der Waals surface area contributed by atoms with Gasteiger partial charge >= 0.3 is 0 Å². The van der Waals surface area contributed by atoms with Crippen LogP contribution in [-0.2, 0) is 0 Å². The quantitative estimate of drug-likeness (QED) is 0.873. The number of thioether (sulfide) groups is 1. The SMILES string of the molecule is CSCC(C)N(C)C(CN)c1ccc(F)c(Cl)c1. The predicted octanol–water partition coefficient (Wildman–Crippen LogP) is 3.16. The van der Waals surface area contributed by atoms with Crippen LogP contribution in [0.2, 0.25) is 5.02 Å². The first-order chi connectivity index (χ1) is 8.51. The van der Waals surface area contributed by atoms with Gasteiger partial charge in [-0.15, -0.1) is 0 Å². The van der Waals surface area contributed by atoms with E-state index in [0.717, 1.165) is 11.3 Å². The maximum Gasteiger partial charge on any atom is 0.141 e. The molecule has 0 aromatic heterocycles. The van der Waals surface area contributed by atoms with Gasteiger partial charge in [-0.2, -0.15) is 11.8 Å². The number of hydrogen-bond donors (Lipinski definition) is 1. The van der Waals surface area contributed by atoms with Crippen molar-refractivity contribution in [1.29, 1.82) is 0 Å². The van der Waals surface area contributed by atoms with Gasteiger partial charge in [0.05, 0.1) is 5.02 Å². The van der Waals surface area contributed by atoms with Crippen molar-refractivity contribution in [2.75, 3.05) is 25.6 Å². The van der Waals surface area contributed by atoms with Crippen molar-refractivity contribution in [3.05, 3.63) is 34.6 Å². The number of likely N-dealkylation sites (N-methyl/N-ethyl adjacent to an activating group) is 1. The van der Waals surface area contributed by atoms with Gasteiger partial charge in [-0.3, -0.25) is 4.90 Å². The maximum absolute atomic E-state index is 13.2. The number of hydrogen-bond acceptors (Lipinski definition) is 3. The van der Waals surface area contributed by atoms with Crippen LogP contribution in [0.3, 0.4) is 0 Å². The zero-order valence-electron chi connectivity index (χ0n) is 11.0. The lowest BCUT2D eigenvalue weighted by molar-refractivity contribution is 0.204. The number of nitrogens with zero attached hydrogens (tertiary/aromatic N) is 1. The lowest BCUT2D eigenvalue weighted by atomic mass is 10.0. The van der Waals surface area contributed by atoms with Crippen LogP contribution in [0.15, 0.2) is 18.2 Å². The molecule has 0 amide bonds. The molecular weight excluding hydrogens is 271 g/mol. The second-order valence-corrected chi connectivity index (χ2v) is 5.71. The zero-order chi connectivity index (χ0) is 13.7. The van der Waals surface area contributed by atoms with Gasteiger partial charge in [-0.05, 0) is 37.9 Å². The molecule has 0 aliphatic heterocycles. The summed E-state index contributed by atoms with van der Waals surface area (Å²) in [5, 5.41) is 0.150. The summed E-state index contributed by atoms with van der Waals surface area (Å²) >= 11 is 7.62. The van der Waals surface area contributed by atoms with Gasteiger partial charge in [0, 0.05) is 24.4 Å². The molecule has 0 aliphatic rings. The lowest BCUT2D eigenvalue weighted by Crippen LogP contribution is -2.38. The minimum atomic E-state index is -0.393. The van der Waals surface area contributed by atoms with E-state index in [4.69, 9.17) is 17.3 Å². The van der Waals surface area contributed by atoms with Crippen LogP contribution in [0.1, 0.15) is 18.5 Å². The fraction of sp³-hybridized carbons (Fsp3) is 0.538. The molecule has 0 saturated carbocycles. The summed E-state index contributed by atoms with van der Waals surface area (Å²) in [5.74, 6) is 0.637. The average molecular weight is 291 g/mol. The van der Waals surface area contributed by atoms with Crippen LogP contribution in [0.4, 0.5) is 4.39 Å². The van der Waals surface area contributed by atoms with Crippen LogP contribution < -0.4 is 5.73 Å². The molecule has 0 heterocycles. The highest BCUT2D eigenvalue weighted by Crippen LogP contribution is 2.25. The van der Waals surface area contributed by atoms with Gasteiger partial charge in [0.2, 0.25) is 0 Å². The molecule has 0 aliphatic carbocycles. The monoisotopic (exact) mass is 290 g/mol. The Morgan fingerprint density at radius 1 is 1.50 bits per heavy atom. The number of rotatable bonds is 6. The molecule has 2 atom stereocenters. The second kappa shape index (κ2) is 7.34. The molecule has 18 heavy (non-hydrogen) atoms. The molecule has 0 bridgehead atoms. The number of halogens is 2. The molecule has 0 saturated heterocycles. The summed E-state index contributed by atoms with van der Waals surface area (Å²) in [5.41, 5.74) is 6.80. The Morgan fingerprint density at radius 2 is 2.17 bits per heavy atom. The summed E-state index contributed by atoms with van der Waals surface area (Å²) < 4.78 is 13.2. The highest BCUT2D eigenvalue weighted by Gasteiger charge is 2.20. The van der Waals surface area contributed by atoms with E-state index < -0.39 is 5.82 Å². The maximum atomic E-state index is 13.2. The van der Waals surface area contributed by atoms with E-state index in [1.54, 1.807) is 23.9 Å². The van der Waals surface area contributed by atoms with Crippen LogP contribution in [-0.4, -0.2) is 36.5 Å². The lowest BCUT2D eigenvalue weighted by Gasteiger charge is -2.32. The molecule has 5 heteroatoms. The van der Waals surface area contributed by atoms with Crippen molar-refractivity contribution in [3.63, 3.8) is 0 Å². The standard InChI is InChI=1S/C13H20ClFN2S/c1-9(8-18-3)17(2)13(7-16)10-4-5-12(15)11(14)6-10/h4-6,9,13H,7-8,16H2,1-3H3. The van der Waals surface area contributed by atoms with Gasteiger partial charge in [0.1, 0.15) is 5.82 Å². The van der Waals surface area contributed by atoms with Crippen molar-refractivity contribution in [1.82, 2.24) is 4.90 Å². The highest BCUT2D eigenvalue weighted by atomic mass is 35.5. The molecule has 0 radical (unpaired) electrons. The summed E-state index contributed by atoms with van der Waals surface area (Å²) in [6.45, 7) is 2.64. The average Bonchev–Trinajstić information content (AvgIpc) is 2.34. The van der Waals surface area contributed by atoms with Crippen molar-refractivity contribution in [3.8, 4) is 0 Å². The molecule has 0 spiro atoms. The van der Waals surface area contributed by atoms with Crippen molar-refractivity contribution in [2.24, 2.45) is 5.73 Å². The molecule has 1 aromatic carbocycles. The van der Waals surface area contributed by atoms with Crippen molar-refractivity contribution < 1.29 is 4.39 Å². The van der Waals surface area contributed by atoms with E-state index in [-0.39, 0.29) is 11.1 Å². The Balaban J connectivity index is 2.91. The van der Waals surface area contributed by atoms with E-state index in [0.29, 0.717) is 12.6 Å². The zero-order valence-corrected chi connectivity index (χ0v) is 12.6. The summed E-state index contributed by atoms with van der Waals surface area (Å²) in [7, 11) is 2.04. The predicted molar refractivity (Wildman–Crippen MR) is 78.8 cm³/mol. The van der Waals surface area contributed by atoms with Crippen LogP contribution in [0.25, 0.3) is 0 Å². The summed E-state index contributed by atoms with van der Waals surface area (Å²) in [6, 6.07) is 5.27. The van der Waals surface area contributed by atoms with Crippen molar-refractivity contribution >= 4 is 23.4 Å². The van der Waals surface area contributed by atoms with Crippen LogP contribution >= 0.6 is 23.4 Å². The summed E-state index contributed by atoms with van der Waals surface area (Å²) in [4.78, 5) is 2.21. The first kappa shape index (κ1) is 15.8. The fourth-order valence-corrected chi connectivity index (χ4v) is 2.83. The van der Waals surface area contributed by atoms with E-state index in [9.17, 15) is 4.39 Å². The molecule has 2 N–H and O–H groups in total. The fourth-order valence-electron chi connectivity index (χ4n) is 1.92. The van der Waals surface area contributed by atoms with Gasteiger partial charge in [0.25, 0.3) is 0 Å². The molecule has 0 fully saturated rings. The highest BCUT2D eigenvalue weighted by molar-refractivity contribution is 7.98. The van der Waals surface area contributed by atoms with E-state index in [1.165, 1.54) is 6.07 Å². The third kappa shape index (κ3) is 3.85. The van der Waals surface area contributed by atoms with E-state index >= 15 is 0 Å². The normalized spacial score (nSPS) is 14.8. The van der Waals surface area contributed by atoms with Crippen LogP contribution in [0.5, 0.6) is 0 Å². The van der Waals surface area contributed by atoms with Gasteiger partial charge in [0.15, 0.2) is 0 Å². The van der Waals surface area contributed by atoms with Gasteiger partial charge in [-0.1, -0.05) is 17.7 Å². The largest absolute Gasteiger partial charge is 0.329 e. The second-order valence-electron chi connectivity index (χ2n) is 4.39. The van der Waals surface area contributed by atoms with Gasteiger partial charge in [-0.25, -0.2) is 4.39 Å². The Hall–Kier alpha value is -0.290. The van der Waals surface area contributed by atoms with E-state index in [1.807, 2.05) is 7.05 Å². The number of benzene rings is 1. The van der Waals surface area contributed by atoms with Crippen molar-refractivity contribution in [2.45, 2.75) is 19.0 Å². The molecule has 2 nitrogen and oxygen atoms in total. The van der Waals surface area contributed by atoms with Gasteiger partial charge < -0.3 is 5.73 Å². The smallest absolute Gasteiger partial charge is 0.141 e. The molecule has 2 unspecified atom stereocenters. The minimum absolute atomic E-state index is 0.0604. The molecule has 1 aromatic rings. The third-order valence-electron chi connectivity index (χ3n) is 3.15. The third-order valence-corrected chi connectivity index (χ3v) is 4.25. The number of nitrogens with two attached hydrogens (primary N) is 1. The minimum Gasteiger partial charge on any atom is -0.329 e. The first-order valence-corrected chi connectivity index (χ1v) is 7.64. The topological polar surface area (TPSA) is 29.3 Å². The molecule has 102 valence electrons. The van der Waals surface area contributed by atoms with E-state index in [2.05, 4.69) is 18.1 Å². The molecule has 1 rings (SSSR count). The molecular formula is C13H20ClFN2S. The Morgan fingerprint density at radius 3 is 2.67 bits per heavy atom. The summed E-state index contributed by atoms with van der Waals surface area (Å²) in [6.07, 6.45) is 2.08.